The van der Waals surface area contributed by atoms with Crippen LogP contribution in [0, 0.1) is 0 Å². The Morgan fingerprint density at radius 2 is 1.88 bits per heavy atom. The number of hydrogen-bond acceptors (Lipinski definition) is 5. The van der Waals surface area contributed by atoms with Gasteiger partial charge in [0.2, 0.25) is 5.91 Å². The molecule has 0 saturated carbocycles. The van der Waals surface area contributed by atoms with Gasteiger partial charge in [-0.2, -0.15) is 0 Å². The number of carbonyl (C=O) groups excluding carboxylic acids is 1. The second-order valence-corrected chi connectivity index (χ2v) is 8.83. The Balaban J connectivity index is 1.32. The summed E-state index contributed by atoms with van der Waals surface area (Å²) in [5, 5.41) is 1.17. The van der Waals surface area contributed by atoms with Gasteiger partial charge in [-0.3, -0.25) is 9.69 Å². The predicted octanol–water partition coefficient (Wildman–Crippen LogP) is 3.58. The van der Waals surface area contributed by atoms with Crippen molar-refractivity contribution in [3.63, 3.8) is 0 Å². The van der Waals surface area contributed by atoms with Crippen molar-refractivity contribution in [3.8, 4) is 11.5 Å². The Morgan fingerprint density at radius 1 is 1.03 bits per heavy atom. The average molecular weight is 450 g/mol. The van der Waals surface area contributed by atoms with Crippen LogP contribution in [0.1, 0.15) is 24.0 Å². The quantitative estimate of drug-likeness (QED) is 0.623. The summed E-state index contributed by atoms with van der Waals surface area (Å²) in [6.45, 7) is 3.35. The Kier molecular flexibility index (Phi) is 6.24. The van der Waals surface area contributed by atoms with Gasteiger partial charge in [0.05, 0.1) is 26.4 Å². The molecule has 3 heterocycles. The number of nitrogens with zero attached hydrogens (tertiary/aromatic N) is 2. The SMILES string of the molecule is COc1ccc(OC)c(CN2CC[C@@H]3OCC(=O)N(Cc4c[nH]c5ccccc45)[C@H]3CC2)c1. The molecule has 0 bridgehead atoms. The van der Waals surface area contributed by atoms with Gasteiger partial charge in [0.15, 0.2) is 0 Å². The second-order valence-electron chi connectivity index (χ2n) is 8.83. The molecule has 2 saturated heterocycles. The maximum absolute atomic E-state index is 12.9. The highest BCUT2D eigenvalue weighted by Crippen LogP contribution is 2.30. The normalized spacial score (nSPS) is 21.6. The first-order valence-corrected chi connectivity index (χ1v) is 11.6. The Labute approximate surface area is 194 Å². The highest BCUT2D eigenvalue weighted by Gasteiger charge is 2.38. The number of H-pyrrole nitrogens is 1. The van der Waals surface area contributed by atoms with Crippen LogP contribution in [0.5, 0.6) is 11.5 Å². The smallest absolute Gasteiger partial charge is 0.249 e. The lowest BCUT2D eigenvalue weighted by Crippen LogP contribution is -2.53. The lowest BCUT2D eigenvalue weighted by molar-refractivity contribution is -0.158. The van der Waals surface area contributed by atoms with E-state index in [2.05, 4.69) is 22.0 Å². The molecule has 0 aliphatic carbocycles. The maximum atomic E-state index is 12.9. The highest BCUT2D eigenvalue weighted by atomic mass is 16.5. The number of rotatable bonds is 6. The molecule has 2 fully saturated rings. The van der Waals surface area contributed by atoms with Crippen LogP contribution in [0.4, 0.5) is 0 Å². The van der Waals surface area contributed by atoms with Crippen LogP contribution < -0.4 is 9.47 Å². The van der Waals surface area contributed by atoms with Gasteiger partial charge < -0.3 is 24.1 Å². The number of ether oxygens (including phenoxy) is 3. The second kappa shape index (κ2) is 9.45. The minimum absolute atomic E-state index is 0.0603. The van der Waals surface area contributed by atoms with Crippen molar-refractivity contribution in [2.24, 2.45) is 0 Å². The Morgan fingerprint density at radius 3 is 2.73 bits per heavy atom. The molecular formula is C26H31N3O4. The third-order valence-corrected chi connectivity index (χ3v) is 6.94. The molecule has 2 aliphatic rings. The zero-order valence-electron chi connectivity index (χ0n) is 19.3. The molecule has 1 N–H and O–H groups in total. The van der Waals surface area contributed by atoms with E-state index in [1.807, 2.05) is 41.4 Å². The molecule has 33 heavy (non-hydrogen) atoms. The summed E-state index contributed by atoms with van der Waals surface area (Å²) in [6.07, 6.45) is 3.87. The van der Waals surface area contributed by atoms with Crippen LogP contribution in [0.25, 0.3) is 10.9 Å². The Hall–Kier alpha value is -3.03. The minimum atomic E-state index is 0.0603. The zero-order chi connectivity index (χ0) is 22.8. The standard InChI is InChI=1S/C26H31N3O4/c1-31-20-7-8-24(32-2)18(13-20)15-28-11-9-23-25(10-12-28)33-17-26(30)29(23)16-19-14-27-22-6-4-3-5-21(19)22/h3-8,13-14,23,25,27H,9-12,15-17H2,1-2H3/t23-,25-/m0/s1. The predicted molar refractivity (Wildman–Crippen MR) is 126 cm³/mol. The maximum Gasteiger partial charge on any atom is 0.249 e. The fourth-order valence-corrected chi connectivity index (χ4v) is 5.17. The van der Waals surface area contributed by atoms with Gasteiger partial charge in [0.25, 0.3) is 0 Å². The van der Waals surface area contributed by atoms with Crippen molar-refractivity contribution >= 4 is 16.8 Å². The van der Waals surface area contributed by atoms with Gasteiger partial charge in [-0.25, -0.2) is 0 Å². The molecule has 0 spiro atoms. The number of morpholine rings is 1. The lowest BCUT2D eigenvalue weighted by atomic mass is 10.0. The van der Waals surface area contributed by atoms with Crippen LogP contribution in [0.2, 0.25) is 0 Å². The van der Waals surface area contributed by atoms with Crippen LogP contribution in [0.15, 0.2) is 48.7 Å². The summed E-state index contributed by atoms with van der Waals surface area (Å²) in [6, 6.07) is 14.2. The van der Waals surface area contributed by atoms with E-state index >= 15 is 0 Å². The van der Waals surface area contributed by atoms with Crippen LogP contribution >= 0.6 is 0 Å². The number of aromatic nitrogens is 1. The zero-order valence-corrected chi connectivity index (χ0v) is 19.3. The van der Waals surface area contributed by atoms with E-state index in [9.17, 15) is 4.79 Å². The van der Waals surface area contributed by atoms with E-state index in [4.69, 9.17) is 14.2 Å². The summed E-state index contributed by atoms with van der Waals surface area (Å²) in [4.78, 5) is 20.7. The number of para-hydroxylation sites is 1. The van der Waals surface area contributed by atoms with Crippen molar-refractivity contribution in [2.75, 3.05) is 33.9 Å². The molecule has 1 amide bonds. The molecule has 1 aromatic heterocycles. The molecule has 2 aliphatic heterocycles. The number of methoxy groups -OCH3 is 2. The molecule has 5 rings (SSSR count). The molecule has 0 unspecified atom stereocenters. The highest BCUT2D eigenvalue weighted by molar-refractivity contribution is 5.84. The first-order chi connectivity index (χ1) is 16.2. The van der Waals surface area contributed by atoms with Gasteiger partial charge in [-0.05, 0) is 42.7 Å². The van der Waals surface area contributed by atoms with Crippen molar-refractivity contribution in [3.05, 3.63) is 59.8 Å². The third-order valence-electron chi connectivity index (χ3n) is 6.94. The average Bonchev–Trinajstić information content (AvgIpc) is 3.14. The number of aromatic amines is 1. The van der Waals surface area contributed by atoms with Crippen LogP contribution in [-0.4, -0.2) is 66.8 Å². The fourth-order valence-electron chi connectivity index (χ4n) is 5.17. The van der Waals surface area contributed by atoms with E-state index in [1.165, 1.54) is 5.39 Å². The molecule has 2 atom stereocenters. The monoisotopic (exact) mass is 449 g/mol. The van der Waals surface area contributed by atoms with Gasteiger partial charge in [-0.1, -0.05) is 18.2 Å². The summed E-state index contributed by atoms with van der Waals surface area (Å²) in [5.41, 5.74) is 3.36. The fraction of sp³-hybridized carbons (Fsp3) is 0.423. The van der Waals surface area contributed by atoms with Crippen molar-refractivity contribution in [2.45, 2.75) is 38.1 Å². The number of fused-ring (bicyclic) bond motifs is 2. The van der Waals surface area contributed by atoms with Crippen molar-refractivity contribution < 1.29 is 19.0 Å². The van der Waals surface area contributed by atoms with E-state index in [0.717, 1.165) is 60.6 Å². The molecule has 7 heteroatoms. The van der Waals surface area contributed by atoms with E-state index in [0.29, 0.717) is 6.54 Å². The first kappa shape index (κ1) is 21.8. The van der Waals surface area contributed by atoms with Crippen molar-refractivity contribution in [1.29, 1.82) is 0 Å². The van der Waals surface area contributed by atoms with Crippen LogP contribution in [0.3, 0.4) is 0 Å². The summed E-state index contributed by atoms with van der Waals surface area (Å²) >= 11 is 0. The molecule has 3 aromatic rings. The lowest BCUT2D eigenvalue weighted by Gasteiger charge is -2.40. The molecule has 174 valence electrons. The van der Waals surface area contributed by atoms with Crippen molar-refractivity contribution in [1.82, 2.24) is 14.8 Å². The number of likely N-dealkylation sites (tertiary alicyclic amines) is 1. The summed E-state index contributed by atoms with van der Waals surface area (Å²) < 4.78 is 17.0. The third kappa shape index (κ3) is 4.43. The largest absolute Gasteiger partial charge is 0.497 e. The molecule has 2 aromatic carbocycles. The van der Waals surface area contributed by atoms with Crippen LogP contribution in [-0.2, 0) is 22.6 Å². The van der Waals surface area contributed by atoms with E-state index in [1.54, 1.807) is 14.2 Å². The van der Waals surface area contributed by atoms with Gasteiger partial charge in [0.1, 0.15) is 18.1 Å². The topological polar surface area (TPSA) is 67.0 Å². The number of benzene rings is 2. The molecule has 7 nitrogen and oxygen atoms in total. The molecular weight excluding hydrogens is 418 g/mol. The van der Waals surface area contributed by atoms with E-state index in [-0.39, 0.29) is 24.7 Å². The number of amides is 1. The van der Waals surface area contributed by atoms with Gasteiger partial charge in [0, 0.05) is 48.8 Å². The summed E-state index contributed by atoms with van der Waals surface area (Å²) in [5.74, 6) is 1.77. The number of carbonyl (C=O) groups is 1. The van der Waals surface area contributed by atoms with E-state index < -0.39 is 0 Å². The van der Waals surface area contributed by atoms with Gasteiger partial charge >= 0.3 is 0 Å². The summed E-state index contributed by atoms with van der Waals surface area (Å²) in [7, 11) is 3.38. The minimum Gasteiger partial charge on any atom is -0.497 e. The number of nitrogens with one attached hydrogen (secondary N) is 1. The van der Waals surface area contributed by atoms with Gasteiger partial charge in [-0.15, -0.1) is 0 Å². The molecule has 0 radical (unpaired) electrons. The first-order valence-electron chi connectivity index (χ1n) is 11.6. The number of hydrogen-bond donors (Lipinski definition) is 1. The Bertz CT molecular complexity index is 1130.